The predicted octanol–water partition coefficient (Wildman–Crippen LogP) is 7.36. The van der Waals surface area contributed by atoms with Crippen LogP contribution in [0.2, 0.25) is 0 Å². The number of para-hydroxylation sites is 1. The molecule has 1 heterocycles. The second-order valence-electron chi connectivity index (χ2n) is 7.30. The second-order valence-corrected chi connectivity index (χ2v) is 7.30. The van der Waals surface area contributed by atoms with E-state index in [0.717, 1.165) is 51.6 Å². The van der Waals surface area contributed by atoms with Crippen LogP contribution in [0.25, 0.3) is 23.1 Å². The van der Waals surface area contributed by atoms with Gasteiger partial charge in [0.1, 0.15) is 12.4 Å². The maximum atomic E-state index is 10.8. The van der Waals surface area contributed by atoms with Crippen molar-refractivity contribution in [1.29, 1.82) is 0 Å². The molecule has 3 aromatic rings. The number of allylic oxidation sites excluding steroid dienone is 6. The number of carboxylic acids is 1. The van der Waals surface area contributed by atoms with Gasteiger partial charge in [0.25, 0.3) is 0 Å². The zero-order valence-electron chi connectivity index (χ0n) is 19.5. The smallest absolute Gasteiger partial charge is 0.328 e. The molecule has 0 spiro atoms. The lowest BCUT2D eigenvalue weighted by atomic mass is 10.1. The molecule has 0 saturated carbocycles. The monoisotopic (exact) mass is 451 g/mol. The van der Waals surface area contributed by atoms with E-state index < -0.39 is 5.97 Å². The van der Waals surface area contributed by atoms with Crippen molar-refractivity contribution >= 4 is 29.0 Å². The van der Waals surface area contributed by atoms with Crippen molar-refractivity contribution in [1.82, 2.24) is 4.98 Å². The van der Waals surface area contributed by atoms with Gasteiger partial charge < -0.3 is 9.84 Å². The number of aliphatic carboxylic acids is 1. The summed E-state index contributed by atoms with van der Waals surface area (Å²) in [5.41, 5.74) is 4.74. The van der Waals surface area contributed by atoms with Gasteiger partial charge in [-0.05, 0) is 59.6 Å². The third-order valence-corrected chi connectivity index (χ3v) is 5.03. The molecule has 1 aromatic heterocycles. The molecule has 0 atom stereocenters. The number of rotatable bonds is 7. The molecule has 1 N–H and O–H groups in total. The standard InChI is InChI=1S/C28H23NO3.C2H6/c30-28(31)19-15-22-7-1-2-9-24(22)20-32-26-10-5-6-21(13-18-26)12-16-25-17-14-23-8-3-4-11-27(23)29-25;1-2/h1-4,6-19H,5,20H2,(H,30,31);1-2H3/b16-12+,19-15+;. The van der Waals surface area contributed by atoms with Crippen molar-refractivity contribution in [3.8, 4) is 0 Å². The Bertz CT molecular complexity index is 1280. The Morgan fingerprint density at radius 3 is 2.59 bits per heavy atom. The molecule has 1 aliphatic carbocycles. The van der Waals surface area contributed by atoms with Gasteiger partial charge in [0, 0.05) is 11.5 Å². The molecule has 0 aliphatic heterocycles. The fourth-order valence-corrected chi connectivity index (χ4v) is 3.36. The lowest BCUT2D eigenvalue weighted by Crippen LogP contribution is -1.95. The van der Waals surface area contributed by atoms with E-state index in [0.29, 0.717) is 6.61 Å². The summed E-state index contributed by atoms with van der Waals surface area (Å²) in [6.07, 6.45) is 15.7. The highest BCUT2D eigenvalue weighted by Gasteiger charge is 2.03. The van der Waals surface area contributed by atoms with Crippen LogP contribution in [0, 0.1) is 0 Å². The maximum absolute atomic E-state index is 10.8. The van der Waals surface area contributed by atoms with Crippen LogP contribution >= 0.6 is 0 Å². The van der Waals surface area contributed by atoms with E-state index in [1.54, 1.807) is 6.08 Å². The first-order chi connectivity index (χ1) is 16.7. The van der Waals surface area contributed by atoms with E-state index in [-0.39, 0.29) is 0 Å². The summed E-state index contributed by atoms with van der Waals surface area (Å²) in [6.45, 7) is 4.36. The second kappa shape index (κ2) is 12.8. The normalized spacial score (nSPS) is 13.2. The fraction of sp³-hybridized carbons (Fsp3) is 0.133. The number of carboxylic acid groups (broad SMARTS) is 1. The lowest BCUT2D eigenvalue weighted by Gasteiger charge is -2.09. The summed E-state index contributed by atoms with van der Waals surface area (Å²) in [6, 6.07) is 19.8. The quantitative estimate of drug-likeness (QED) is 0.381. The van der Waals surface area contributed by atoms with Gasteiger partial charge in [-0.2, -0.15) is 0 Å². The Balaban J connectivity index is 0.00000158. The van der Waals surface area contributed by atoms with Crippen LogP contribution in [0.5, 0.6) is 0 Å². The van der Waals surface area contributed by atoms with Crippen LogP contribution in [0.4, 0.5) is 0 Å². The van der Waals surface area contributed by atoms with Gasteiger partial charge >= 0.3 is 5.97 Å². The molecule has 34 heavy (non-hydrogen) atoms. The Hall–Kier alpha value is -4.18. The highest BCUT2D eigenvalue weighted by atomic mass is 16.5. The molecule has 0 saturated heterocycles. The van der Waals surface area contributed by atoms with E-state index >= 15 is 0 Å². The molecule has 0 fully saturated rings. The van der Waals surface area contributed by atoms with Crippen LogP contribution in [0.1, 0.15) is 37.1 Å². The summed E-state index contributed by atoms with van der Waals surface area (Å²) < 4.78 is 5.98. The van der Waals surface area contributed by atoms with Gasteiger partial charge in [0.05, 0.1) is 11.2 Å². The molecular formula is C30H29NO3. The molecule has 0 bridgehead atoms. The number of nitrogens with zero attached hydrogens (tertiary/aromatic N) is 1. The van der Waals surface area contributed by atoms with Crippen molar-refractivity contribution in [3.05, 3.63) is 125 Å². The number of benzene rings is 2. The summed E-state index contributed by atoms with van der Waals surface area (Å²) in [5, 5.41) is 10.00. The molecule has 0 radical (unpaired) electrons. The Morgan fingerprint density at radius 1 is 0.941 bits per heavy atom. The first-order valence-electron chi connectivity index (χ1n) is 11.4. The third-order valence-electron chi connectivity index (χ3n) is 5.03. The largest absolute Gasteiger partial charge is 0.489 e. The summed E-state index contributed by atoms with van der Waals surface area (Å²) in [7, 11) is 0. The van der Waals surface area contributed by atoms with Crippen LogP contribution in [-0.2, 0) is 16.1 Å². The van der Waals surface area contributed by atoms with E-state index in [9.17, 15) is 4.79 Å². The highest BCUT2D eigenvalue weighted by molar-refractivity contribution is 5.85. The molecule has 4 rings (SSSR count). The molecular weight excluding hydrogens is 422 g/mol. The average molecular weight is 452 g/mol. The van der Waals surface area contributed by atoms with Gasteiger partial charge in [0.15, 0.2) is 0 Å². The number of hydrogen-bond donors (Lipinski definition) is 1. The average Bonchev–Trinajstić information content (AvgIpc) is 3.11. The number of ether oxygens (including phenoxy) is 1. The zero-order valence-corrected chi connectivity index (χ0v) is 19.5. The Labute approximate surface area is 200 Å². The van der Waals surface area contributed by atoms with Crippen molar-refractivity contribution in [2.75, 3.05) is 0 Å². The van der Waals surface area contributed by atoms with E-state index in [1.165, 1.54) is 0 Å². The third kappa shape index (κ3) is 7.17. The SMILES string of the molecule is CC.O=C(O)/C=C/c1ccccc1COC1=CCC=C(/C=C/c2ccc3ccccc3n2)C=C1. The number of hydrogen-bond acceptors (Lipinski definition) is 3. The molecule has 4 heteroatoms. The van der Waals surface area contributed by atoms with Crippen LogP contribution in [-0.4, -0.2) is 16.1 Å². The minimum Gasteiger partial charge on any atom is -0.489 e. The first-order valence-corrected chi connectivity index (χ1v) is 11.4. The number of carbonyl (C=O) groups is 1. The Kier molecular flexibility index (Phi) is 9.18. The van der Waals surface area contributed by atoms with Gasteiger partial charge in [-0.25, -0.2) is 9.78 Å². The maximum Gasteiger partial charge on any atom is 0.328 e. The summed E-state index contributed by atoms with van der Waals surface area (Å²) >= 11 is 0. The van der Waals surface area contributed by atoms with Gasteiger partial charge in [-0.15, -0.1) is 0 Å². The van der Waals surface area contributed by atoms with Crippen LogP contribution in [0.15, 0.2) is 108 Å². The molecule has 2 aromatic carbocycles. The van der Waals surface area contributed by atoms with Crippen molar-refractivity contribution in [3.63, 3.8) is 0 Å². The zero-order chi connectivity index (χ0) is 24.2. The highest BCUT2D eigenvalue weighted by Crippen LogP contribution is 2.18. The minimum absolute atomic E-state index is 0.364. The van der Waals surface area contributed by atoms with E-state index in [2.05, 4.69) is 29.3 Å². The first kappa shape index (κ1) is 24.5. The molecule has 172 valence electrons. The van der Waals surface area contributed by atoms with E-state index in [1.807, 2.05) is 86.7 Å². The lowest BCUT2D eigenvalue weighted by molar-refractivity contribution is -0.131. The van der Waals surface area contributed by atoms with Crippen molar-refractivity contribution < 1.29 is 14.6 Å². The van der Waals surface area contributed by atoms with Crippen LogP contribution < -0.4 is 0 Å². The van der Waals surface area contributed by atoms with Gasteiger partial charge in [-0.1, -0.05) is 80.6 Å². The minimum atomic E-state index is -0.972. The molecule has 0 amide bonds. The van der Waals surface area contributed by atoms with Gasteiger partial charge in [-0.3, -0.25) is 0 Å². The predicted molar refractivity (Wildman–Crippen MR) is 140 cm³/mol. The number of aromatic nitrogens is 1. The van der Waals surface area contributed by atoms with Gasteiger partial charge in [0.2, 0.25) is 0 Å². The van der Waals surface area contributed by atoms with Crippen molar-refractivity contribution in [2.24, 2.45) is 0 Å². The topological polar surface area (TPSA) is 59.4 Å². The Morgan fingerprint density at radius 2 is 1.74 bits per heavy atom. The van der Waals surface area contributed by atoms with E-state index in [4.69, 9.17) is 9.84 Å². The van der Waals surface area contributed by atoms with Crippen molar-refractivity contribution in [2.45, 2.75) is 26.9 Å². The fourth-order valence-electron chi connectivity index (χ4n) is 3.36. The number of pyridine rings is 1. The molecule has 0 unspecified atom stereocenters. The molecule has 4 nitrogen and oxygen atoms in total. The van der Waals surface area contributed by atoms with Crippen LogP contribution in [0.3, 0.4) is 0 Å². The summed E-state index contributed by atoms with van der Waals surface area (Å²) in [4.78, 5) is 15.5. The molecule has 1 aliphatic rings. The number of fused-ring (bicyclic) bond motifs is 1. The summed E-state index contributed by atoms with van der Waals surface area (Å²) in [5.74, 6) is -0.189.